The predicted octanol–water partition coefficient (Wildman–Crippen LogP) is 2.49. The maximum Gasteiger partial charge on any atom is 0.240 e. The molecule has 2 aliphatic carbocycles. The molecule has 20 heavy (non-hydrogen) atoms. The van der Waals surface area contributed by atoms with Crippen LogP contribution in [0.3, 0.4) is 0 Å². The normalized spacial score (nSPS) is 26.7. The molecule has 2 fully saturated rings. The van der Waals surface area contributed by atoms with Crippen LogP contribution >= 0.6 is 12.4 Å². The fourth-order valence-corrected chi connectivity index (χ4v) is 3.01. The fraction of sp³-hybridized carbons (Fsp3) is 0.533. The number of nitrogens with one attached hydrogen (secondary N) is 1. The van der Waals surface area contributed by atoms with Crippen molar-refractivity contribution < 1.29 is 9.18 Å². The van der Waals surface area contributed by atoms with Gasteiger partial charge in [-0.15, -0.1) is 12.4 Å². The highest BCUT2D eigenvalue weighted by atomic mass is 35.5. The summed E-state index contributed by atoms with van der Waals surface area (Å²) in [5.74, 6) is -0.0147. The third-order valence-electron chi connectivity index (χ3n) is 4.33. The summed E-state index contributed by atoms with van der Waals surface area (Å²) in [5, 5.41) is 3.02. The van der Waals surface area contributed by atoms with Gasteiger partial charge in [-0.3, -0.25) is 4.79 Å². The second-order valence-electron chi connectivity index (χ2n) is 5.84. The highest BCUT2D eigenvalue weighted by Gasteiger charge is 2.44. The number of rotatable bonds is 3. The lowest BCUT2D eigenvalue weighted by atomic mass is 9.98. The van der Waals surface area contributed by atoms with Crippen LogP contribution in [0, 0.1) is 5.82 Å². The van der Waals surface area contributed by atoms with Crippen molar-refractivity contribution in [3.63, 3.8) is 0 Å². The summed E-state index contributed by atoms with van der Waals surface area (Å²) in [6.07, 6.45) is 4.49. The molecule has 2 atom stereocenters. The summed E-state index contributed by atoms with van der Waals surface area (Å²) in [6, 6.07) is 6.73. The number of hydrogen-bond acceptors (Lipinski definition) is 2. The maximum atomic E-state index is 13.1. The highest BCUT2D eigenvalue weighted by Crippen LogP contribution is 2.41. The van der Waals surface area contributed by atoms with Gasteiger partial charge < -0.3 is 11.1 Å². The zero-order valence-electron chi connectivity index (χ0n) is 11.3. The van der Waals surface area contributed by atoms with Crippen LogP contribution in [0.25, 0.3) is 0 Å². The Morgan fingerprint density at radius 1 is 1.35 bits per heavy atom. The van der Waals surface area contributed by atoms with Gasteiger partial charge in [0.1, 0.15) is 5.82 Å². The quantitative estimate of drug-likeness (QED) is 0.901. The van der Waals surface area contributed by atoms with Crippen molar-refractivity contribution >= 4 is 18.3 Å². The number of benzene rings is 1. The lowest BCUT2D eigenvalue weighted by Gasteiger charge is -2.22. The average molecular weight is 299 g/mol. The molecule has 5 heteroatoms. The molecule has 2 aliphatic rings. The Kier molecular flexibility index (Phi) is 4.35. The summed E-state index contributed by atoms with van der Waals surface area (Å²) in [4.78, 5) is 12.2. The molecule has 1 aromatic carbocycles. The Hall–Kier alpha value is -1.13. The van der Waals surface area contributed by atoms with Gasteiger partial charge in [0.25, 0.3) is 0 Å². The van der Waals surface area contributed by atoms with Gasteiger partial charge in [-0.2, -0.15) is 0 Å². The largest absolute Gasteiger partial charge is 0.351 e. The van der Waals surface area contributed by atoms with Crippen LogP contribution in [-0.4, -0.2) is 17.5 Å². The van der Waals surface area contributed by atoms with E-state index in [9.17, 15) is 9.18 Å². The molecule has 2 unspecified atom stereocenters. The Bertz CT molecular complexity index is 502. The molecule has 0 radical (unpaired) electrons. The van der Waals surface area contributed by atoms with E-state index in [-0.39, 0.29) is 36.1 Å². The molecule has 0 saturated heterocycles. The van der Waals surface area contributed by atoms with E-state index in [1.807, 2.05) is 6.07 Å². The number of amides is 1. The Balaban J connectivity index is 0.00000147. The minimum atomic E-state index is -0.672. The first-order chi connectivity index (χ1) is 9.08. The first kappa shape index (κ1) is 15.3. The molecule has 3 N–H and O–H groups in total. The summed E-state index contributed by atoms with van der Waals surface area (Å²) in [7, 11) is 0. The minimum absolute atomic E-state index is 0. The monoisotopic (exact) mass is 298 g/mol. The van der Waals surface area contributed by atoms with Crippen LogP contribution in [0.4, 0.5) is 4.39 Å². The van der Waals surface area contributed by atoms with Crippen LogP contribution in [0.5, 0.6) is 0 Å². The standard InChI is InChI=1S/C15H19FN2O.ClH/c16-11-5-3-4-10(8-11)12-9-13(12)18-14(19)15(17)6-1-2-7-15;/h3-5,8,12-13H,1-2,6-7,9,17H2,(H,18,19);1H. The number of nitrogens with two attached hydrogens (primary N) is 1. The third-order valence-corrected chi connectivity index (χ3v) is 4.33. The second-order valence-corrected chi connectivity index (χ2v) is 5.84. The van der Waals surface area contributed by atoms with E-state index >= 15 is 0 Å². The Labute approximate surface area is 124 Å². The van der Waals surface area contributed by atoms with Crippen molar-refractivity contribution in [3.8, 4) is 0 Å². The van der Waals surface area contributed by atoms with Gasteiger partial charge >= 0.3 is 0 Å². The topological polar surface area (TPSA) is 55.1 Å². The van der Waals surface area contributed by atoms with Gasteiger partial charge in [0, 0.05) is 12.0 Å². The molecular formula is C15H20ClFN2O. The first-order valence-corrected chi connectivity index (χ1v) is 6.94. The predicted molar refractivity (Wildman–Crippen MR) is 78.3 cm³/mol. The van der Waals surface area contributed by atoms with Crippen molar-refractivity contribution in [3.05, 3.63) is 35.6 Å². The molecule has 1 amide bonds. The molecule has 3 nitrogen and oxygen atoms in total. The van der Waals surface area contributed by atoms with E-state index in [0.29, 0.717) is 0 Å². The van der Waals surface area contributed by atoms with Crippen molar-refractivity contribution in [1.29, 1.82) is 0 Å². The van der Waals surface area contributed by atoms with E-state index in [2.05, 4.69) is 5.32 Å². The Morgan fingerprint density at radius 3 is 2.70 bits per heavy atom. The SMILES string of the molecule is Cl.NC1(C(=O)NC2CC2c2cccc(F)c2)CCCC1. The zero-order valence-corrected chi connectivity index (χ0v) is 12.1. The maximum absolute atomic E-state index is 13.1. The smallest absolute Gasteiger partial charge is 0.240 e. The molecule has 1 aromatic rings. The fourth-order valence-electron chi connectivity index (χ4n) is 3.01. The van der Waals surface area contributed by atoms with Crippen LogP contribution < -0.4 is 11.1 Å². The number of halogens is 2. The minimum Gasteiger partial charge on any atom is -0.351 e. The van der Waals surface area contributed by atoms with Gasteiger partial charge in [0.2, 0.25) is 5.91 Å². The molecule has 110 valence electrons. The van der Waals surface area contributed by atoms with E-state index in [1.165, 1.54) is 6.07 Å². The van der Waals surface area contributed by atoms with Crippen molar-refractivity contribution in [2.45, 2.75) is 49.6 Å². The Morgan fingerprint density at radius 2 is 2.05 bits per heavy atom. The van der Waals surface area contributed by atoms with Crippen LogP contribution in [-0.2, 0) is 4.79 Å². The number of carbonyl (C=O) groups is 1. The highest BCUT2D eigenvalue weighted by molar-refractivity contribution is 5.87. The van der Waals surface area contributed by atoms with Gasteiger partial charge in [0.15, 0.2) is 0 Å². The summed E-state index contributed by atoms with van der Waals surface area (Å²) >= 11 is 0. The van der Waals surface area contributed by atoms with Crippen molar-refractivity contribution in [2.24, 2.45) is 5.73 Å². The number of carbonyl (C=O) groups excluding carboxylic acids is 1. The summed E-state index contributed by atoms with van der Waals surface area (Å²) < 4.78 is 13.1. The lowest BCUT2D eigenvalue weighted by Crippen LogP contribution is -2.52. The molecule has 3 rings (SSSR count). The molecule has 0 spiro atoms. The van der Waals surface area contributed by atoms with E-state index < -0.39 is 5.54 Å². The van der Waals surface area contributed by atoms with Crippen LogP contribution in [0.15, 0.2) is 24.3 Å². The summed E-state index contributed by atoms with van der Waals surface area (Å²) in [5.41, 5.74) is 6.40. The average Bonchev–Trinajstić information content (AvgIpc) is 3.00. The molecular weight excluding hydrogens is 279 g/mol. The molecule has 0 bridgehead atoms. The van der Waals surface area contributed by atoms with Gasteiger partial charge in [-0.25, -0.2) is 4.39 Å². The molecule has 0 aliphatic heterocycles. The van der Waals surface area contributed by atoms with Gasteiger partial charge in [-0.1, -0.05) is 25.0 Å². The summed E-state index contributed by atoms with van der Waals surface area (Å²) in [6.45, 7) is 0. The number of hydrogen-bond donors (Lipinski definition) is 2. The van der Waals surface area contributed by atoms with E-state index in [1.54, 1.807) is 12.1 Å². The van der Waals surface area contributed by atoms with Gasteiger partial charge in [-0.05, 0) is 37.0 Å². The second kappa shape index (κ2) is 5.70. The third kappa shape index (κ3) is 2.96. The van der Waals surface area contributed by atoms with Crippen LogP contribution in [0.2, 0.25) is 0 Å². The van der Waals surface area contributed by atoms with E-state index in [4.69, 9.17) is 5.73 Å². The van der Waals surface area contributed by atoms with Crippen molar-refractivity contribution in [1.82, 2.24) is 5.32 Å². The zero-order chi connectivity index (χ0) is 13.5. The van der Waals surface area contributed by atoms with Crippen LogP contribution in [0.1, 0.15) is 43.6 Å². The molecule has 2 saturated carbocycles. The molecule has 0 heterocycles. The van der Waals surface area contributed by atoms with Crippen molar-refractivity contribution in [2.75, 3.05) is 0 Å². The first-order valence-electron chi connectivity index (χ1n) is 6.94. The molecule has 0 aromatic heterocycles. The van der Waals surface area contributed by atoms with E-state index in [0.717, 1.165) is 37.7 Å². The lowest BCUT2D eigenvalue weighted by molar-refractivity contribution is -0.126. The van der Waals surface area contributed by atoms with Gasteiger partial charge in [0.05, 0.1) is 5.54 Å².